The van der Waals surface area contributed by atoms with Gasteiger partial charge >= 0.3 is 6.36 Å². The smallest absolute Gasteiger partial charge is 0.494 e. The van der Waals surface area contributed by atoms with Gasteiger partial charge in [-0.05, 0) is 55.5 Å². The van der Waals surface area contributed by atoms with Crippen molar-refractivity contribution >= 4 is 15.9 Å². The second-order valence-electron chi connectivity index (χ2n) is 6.67. The molecule has 1 amide bonds. The fraction of sp³-hybridized carbons (Fsp3) is 0.350. The lowest BCUT2D eigenvalue weighted by molar-refractivity contribution is -0.274. The van der Waals surface area contributed by atoms with Crippen LogP contribution in [-0.2, 0) is 10.0 Å². The number of nitrogens with zero attached hydrogens (tertiary/aromatic N) is 2. The lowest BCUT2D eigenvalue weighted by Gasteiger charge is -2.34. The normalized spacial score (nSPS) is 15.5. The molecule has 0 aliphatic carbocycles. The molecular formula is C20H21F3N2O5S. The Kier molecular flexibility index (Phi) is 6.75. The van der Waals surface area contributed by atoms with Gasteiger partial charge in [0.25, 0.3) is 5.91 Å². The lowest BCUT2D eigenvalue weighted by atomic mass is 10.2. The summed E-state index contributed by atoms with van der Waals surface area (Å²) >= 11 is 0. The van der Waals surface area contributed by atoms with Crippen LogP contribution in [-0.4, -0.2) is 62.7 Å². The van der Waals surface area contributed by atoms with Crippen molar-refractivity contribution in [2.45, 2.75) is 18.2 Å². The molecule has 168 valence electrons. The second-order valence-corrected chi connectivity index (χ2v) is 8.61. The molecule has 2 aromatic rings. The van der Waals surface area contributed by atoms with Gasteiger partial charge in [-0.15, -0.1) is 13.2 Å². The van der Waals surface area contributed by atoms with E-state index >= 15 is 0 Å². The topological polar surface area (TPSA) is 76.2 Å². The van der Waals surface area contributed by atoms with Gasteiger partial charge < -0.3 is 14.4 Å². The van der Waals surface area contributed by atoms with Crippen LogP contribution in [0.5, 0.6) is 11.5 Å². The molecule has 0 aromatic heterocycles. The summed E-state index contributed by atoms with van der Waals surface area (Å²) < 4.78 is 72.6. The van der Waals surface area contributed by atoms with Gasteiger partial charge in [0.1, 0.15) is 11.5 Å². The molecule has 1 heterocycles. The molecular weight excluding hydrogens is 437 g/mol. The summed E-state index contributed by atoms with van der Waals surface area (Å²) in [7, 11) is -3.91. The number of benzene rings is 2. The summed E-state index contributed by atoms with van der Waals surface area (Å²) in [5, 5.41) is 0. The molecule has 0 atom stereocenters. The SMILES string of the molecule is CCOc1ccc(C(=O)N2CCN(S(=O)(=O)c3ccc(OC(F)(F)F)cc3)CC2)cc1. The first kappa shape index (κ1) is 22.9. The highest BCUT2D eigenvalue weighted by Crippen LogP contribution is 2.25. The number of hydrogen-bond acceptors (Lipinski definition) is 5. The number of sulfonamides is 1. The minimum Gasteiger partial charge on any atom is -0.494 e. The Morgan fingerprint density at radius 1 is 0.935 bits per heavy atom. The Balaban J connectivity index is 1.62. The molecule has 0 saturated carbocycles. The van der Waals surface area contributed by atoms with Crippen molar-refractivity contribution in [1.82, 2.24) is 9.21 Å². The quantitative estimate of drug-likeness (QED) is 0.665. The van der Waals surface area contributed by atoms with Crippen LogP contribution in [0.1, 0.15) is 17.3 Å². The monoisotopic (exact) mass is 458 g/mol. The highest BCUT2D eigenvalue weighted by atomic mass is 32.2. The van der Waals surface area contributed by atoms with Crippen molar-refractivity contribution in [3.05, 3.63) is 54.1 Å². The van der Waals surface area contributed by atoms with E-state index in [-0.39, 0.29) is 37.0 Å². The van der Waals surface area contributed by atoms with Crippen molar-refractivity contribution < 1.29 is 35.9 Å². The lowest BCUT2D eigenvalue weighted by Crippen LogP contribution is -2.50. The summed E-state index contributed by atoms with van der Waals surface area (Å²) in [5.41, 5.74) is 0.472. The molecule has 0 bridgehead atoms. The van der Waals surface area contributed by atoms with Crippen LogP contribution in [0.15, 0.2) is 53.4 Å². The Bertz CT molecular complexity index is 1000. The molecule has 2 aromatic carbocycles. The maximum absolute atomic E-state index is 12.8. The zero-order chi connectivity index (χ0) is 22.6. The number of hydrogen-bond donors (Lipinski definition) is 0. The predicted octanol–water partition coefficient (Wildman–Crippen LogP) is 3.13. The molecule has 1 aliphatic heterocycles. The predicted molar refractivity (Wildman–Crippen MR) is 105 cm³/mol. The van der Waals surface area contributed by atoms with Crippen molar-refractivity contribution in [1.29, 1.82) is 0 Å². The summed E-state index contributed by atoms with van der Waals surface area (Å²) in [4.78, 5) is 14.1. The number of carbonyl (C=O) groups excluding carboxylic acids is 1. The average Bonchev–Trinajstić information content (AvgIpc) is 2.73. The third kappa shape index (κ3) is 5.67. The summed E-state index contributed by atoms with van der Waals surface area (Å²) in [6.45, 7) is 2.91. The second kappa shape index (κ2) is 9.15. The highest BCUT2D eigenvalue weighted by Gasteiger charge is 2.32. The van der Waals surface area contributed by atoms with E-state index < -0.39 is 22.1 Å². The fourth-order valence-corrected chi connectivity index (χ4v) is 4.56. The van der Waals surface area contributed by atoms with Crippen LogP contribution < -0.4 is 9.47 Å². The average molecular weight is 458 g/mol. The Morgan fingerprint density at radius 2 is 1.48 bits per heavy atom. The Labute approximate surface area is 178 Å². The molecule has 1 aliphatic rings. The van der Waals surface area contributed by atoms with Crippen LogP contribution in [0.4, 0.5) is 13.2 Å². The van der Waals surface area contributed by atoms with Crippen molar-refractivity contribution in [3.8, 4) is 11.5 Å². The third-order valence-electron chi connectivity index (χ3n) is 4.63. The van der Waals surface area contributed by atoms with Gasteiger partial charge in [0.2, 0.25) is 10.0 Å². The van der Waals surface area contributed by atoms with Gasteiger partial charge in [0.05, 0.1) is 11.5 Å². The van der Waals surface area contributed by atoms with Crippen molar-refractivity contribution in [2.24, 2.45) is 0 Å². The molecule has 7 nitrogen and oxygen atoms in total. The van der Waals surface area contributed by atoms with E-state index in [0.29, 0.717) is 17.9 Å². The van der Waals surface area contributed by atoms with E-state index in [9.17, 15) is 26.4 Å². The zero-order valence-electron chi connectivity index (χ0n) is 16.6. The van der Waals surface area contributed by atoms with E-state index in [2.05, 4.69) is 4.74 Å². The number of alkyl halides is 3. The summed E-state index contributed by atoms with van der Waals surface area (Å²) in [6.07, 6.45) is -4.85. The first-order valence-corrected chi connectivity index (χ1v) is 10.9. The maximum atomic E-state index is 12.8. The Morgan fingerprint density at radius 3 is 2.00 bits per heavy atom. The minimum atomic E-state index is -4.85. The van der Waals surface area contributed by atoms with Crippen LogP contribution in [0.25, 0.3) is 0 Å². The minimum absolute atomic E-state index is 0.0753. The number of carbonyl (C=O) groups is 1. The number of halogens is 3. The Hall–Kier alpha value is -2.79. The number of piperazine rings is 1. The number of ether oxygens (including phenoxy) is 2. The first-order valence-electron chi connectivity index (χ1n) is 9.48. The van der Waals surface area contributed by atoms with E-state index in [1.807, 2.05) is 6.92 Å². The molecule has 1 fully saturated rings. The molecule has 0 N–H and O–H groups in total. The van der Waals surface area contributed by atoms with Crippen LogP contribution >= 0.6 is 0 Å². The molecule has 0 spiro atoms. The summed E-state index contributed by atoms with van der Waals surface area (Å²) in [5.74, 6) is -0.0624. The third-order valence-corrected chi connectivity index (χ3v) is 6.55. The molecule has 0 unspecified atom stereocenters. The highest BCUT2D eigenvalue weighted by molar-refractivity contribution is 7.89. The van der Waals surface area contributed by atoms with Crippen molar-refractivity contribution in [2.75, 3.05) is 32.8 Å². The first-order chi connectivity index (χ1) is 14.6. The summed E-state index contributed by atoms with van der Waals surface area (Å²) in [6, 6.07) is 10.7. The van der Waals surface area contributed by atoms with E-state index in [0.717, 1.165) is 24.3 Å². The van der Waals surface area contributed by atoms with Gasteiger partial charge in [-0.3, -0.25) is 4.79 Å². The fourth-order valence-electron chi connectivity index (χ4n) is 3.14. The van der Waals surface area contributed by atoms with E-state index in [4.69, 9.17) is 4.74 Å². The van der Waals surface area contributed by atoms with Crippen LogP contribution in [0.2, 0.25) is 0 Å². The van der Waals surface area contributed by atoms with Crippen LogP contribution in [0, 0.1) is 0 Å². The largest absolute Gasteiger partial charge is 0.573 e. The van der Waals surface area contributed by atoms with E-state index in [1.165, 1.54) is 4.31 Å². The molecule has 0 radical (unpaired) electrons. The van der Waals surface area contributed by atoms with Gasteiger partial charge in [0.15, 0.2) is 0 Å². The van der Waals surface area contributed by atoms with Gasteiger partial charge in [0, 0.05) is 31.7 Å². The van der Waals surface area contributed by atoms with Gasteiger partial charge in [-0.1, -0.05) is 0 Å². The van der Waals surface area contributed by atoms with Crippen molar-refractivity contribution in [3.63, 3.8) is 0 Å². The van der Waals surface area contributed by atoms with Gasteiger partial charge in [-0.25, -0.2) is 8.42 Å². The molecule has 1 saturated heterocycles. The standard InChI is InChI=1S/C20H21F3N2O5S/c1-2-29-16-5-3-15(4-6-16)19(26)24-11-13-25(14-12-24)31(27,28)18-9-7-17(8-10-18)30-20(21,22)23/h3-10H,2,11-14H2,1H3. The van der Waals surface area contributed by atoms with E-state index in [1.54, 1.807) is 29.2 Å². The molecule has 11 heteroatoms. The number of amides is 1. The zero-order valence-corrected chi connectivity index (χ0v) is 17.4. The molecule has 31 heavy (non-hydrogen) atoms. The molecule has 3 rings (SSSR count). The van der Waals surface area contributed by atoms with Gasteiger partial charge in [-0.2, -0.15) is 4.31 Å². The van der Waals surface area contributed by atoms with Crippen LogP contribution in [0.3, 0.4) is 0 Å². The maximum Gasteiger partial charge on any atom is 0.573 e. The number of rotatable bonds is 6.